The van der Waals surface area contributed by atoms with Crippen molar-refractivity contribution in [1.82, 2.24) is 14.6 Å². The Kier molecular flexibility index (Phi) is 3.64. The van der Waals surface area contributed by atoms with Crippen molar-refractivity contribution in [3.8, 4) is 0 Å². The van der Waals surface area contributed by atoms with Gasteiger partial charge >= 0.3 is 0 Å². The summed E-state index contributed by atoms with van der Waals surface area (Å²) in [4.78, 5) is 4.55. The molecule has 1 aliphatic carbocycles. The van der Waals surface area contributed by atoms with Gasteiger partial charge in [0.1, 0.15) is 5.52 Å². The Balaban J connectivity index is 1.89. The van der Waals surface area contributed by atoms with Gasteiger partial charge in [0, 0.05) is 23.9 Å². The van der Waals surface area contributed by atoms with Crippen LogP contribution in [0.25, 0.3) is 5.52 Å². The van der Waals surface area contributed by atoms with Crippen molar-refractivity contribution < 1.29 is 0 Å². The quantitative estimate of drug-likeness (QED) is 0.906. The zero-order chi connectivity index (χ0) is 15.0. The molecule has 1 saturated carbocycles. The Morgan fingerprint density at radius 3 is 2.81 bits per heavy atom. The predicted octanol–water partition coefficient (Wildman–Crippen LogP) is 4.02. The van der Waals surface area contributed by atoms with Gasteiger partial charge in [0.15, 0.2) is 5.82 Å². The third-order valence-corrected chi connectivity index (χ3v) is 4.44. The molecule has 3 rings (SSSR count). The van der Waals surface area contributed by atoms with Crippen molar-refractivity contribution in [2.75, 3.05) is 5.32 Å². The van der Waals surface area contributed by atoms with Crippen molar-refractivity contribution in [2.24, 2.45) is 5.92 Å². The monoisotopic (exact) mass is 286 g/mol. The lowest BCUT2D eigenvalue weighted by molar-refractivity contribution is 0.358. The molecule has 2 heterocycles. The van der Waals surface area contributed by atoms with Crippen LogP contribution in [0.4, 0.5) is 5.82 Å². The van der Waals surface area contributed by atoms with Crippen molar-refractivity contribution >= 4 is 11.3 Å². The van der Waals surface area contributed by atoms with Gasteiger partial charge in [-0.1, -0.05) is 40.5 Å². The Hall–Kier alpha value is -1.58. The van der Waals surface area contributed by atoms with E-state index in [1.165, 1.54) is 25.7 Å². The average Bonchev–Trinajstić information content (AvgIpc) is 2.84. The third-order valence-electron chi connectivity index (χ3n) is 4.44. The summed E-state index contributed by atoms with van der Waals surface area (Å²) < 4.78 is 1.95. The summed E-state index contributed by atoms with van der Waals surface area (Å²) in [5.74, 6) is 1.78. The molecular formula is C17H26N4. The first-order chi connectivity index (χ1) is 9.93. The van der Waals surface area contributed by atoms with E-state index in [1.54, 1.807) is 0 Å². The molecule has 0 bridgehead atoms. The molecule has 114 valence electrons. The van der Waals surface area contributed by atoms with E-state index in [-0.39, 0.29) is 5.41 Å². The van der Waals surface area contributed by atoms with Crippen LogP contribution in [-0.4, -0.2) is 20.6 Å². The van der Waals surface area contributed by atoms with Gasteiger partial charge < -0.3 is 5.32 Å². The van der Waals surface area contributed by atoms with Crippen LogP contribution in [0.3, 0.4) is 0 Å². The molecule has 4 heteroatoms. The first-order valence-corrected chi connectivity index (χ1v) is 8.05. The molecule has 2 aromatic heterocycles. The first-order valence-electron chi connectivity index (χ1n) is 8.05. The summed E-state index contributed by atoms with van der Waals surface area (Å²) in [6.07, 6.45) is 8.92. The predicted molar refractivity (Wildman–Crippen MR) is 86.7 cm³/mol. The van der Waals surface area contributed by atoms with Crippen LogP contribution in [0.5, 0.6) is 0 Å². The van der Waals surface area contributed by atoms with E-state index in [1.807, 2.05) is 16.9 Å². The maximum absolute atomic E-state index is 4.69. The number of nitrogens with one attached hydrogen (secondary N) is 1. The molecule has 0 amide bonds. The fraction of sp³-hybridized carbons (Fsp3) is 0.647. The van der Waals surface area contributed by atoms with E-state index in [2.05, 4.69) is 49.2 Å². The van der Waals surface area contributed by atoms with Crippen LogP contribution >= 0.6 is 0 Å². The maximum Gasteiger partial charge on any atom is 0.152 e. The van der Waals surface area contributed by atoms with Crippen LogP contribution in [0.2, 0.25) is 0 Å². The second-order valence-electron chi connectivity index (χ2n) is 7.50. The second kappa shape index (κ2) is 5.32. The van der Waals surface area contributed by atoms with Crippen molar-refractivity contribution in [3.05, 3.63) is 24.2 Å². The summed E-state index contributed by atoms with van der Waals surface area (Å²) >= 11 is 0. The summed E-state index contributed by atoms with van der Waals surface area (Å²) in [7, 11) is 0. The van der Waals surface area contributed by atoms with Gasteiger partial charge in [0.2, 0.25) is 0 Å². The van der Waals surface area contributed by atoms with Crippen molar-refractivity contribution in [1.29, 1.82) is 0 Å². The minimum absolute atomic E-state index is 0.0582. The van der Waals surface area contributed by atoms with Crippen molar-refractivity contribution in [2.45, 2.75) is 64.8 Å². The SMILES string of the molecule is CC1CCCC(Nc2nccn3nc(C(C)(C)C)cc23)C1. The number of fused-ring (bicyclic) bond motifs is 1. The van der Waals surface area contributed by atoms with Gasteiger partial charge in [-0.05, 0) is 24.8 Å². The molecule has 21 heavy (non-hydrogen) atoms. The molecule has 0 aliphatic heterocycles. The molecule has 0 saturated heterocycles. The minimum atomic E-state index is 0.0582. The summed E-state index contributed by atoms with van der Waals surface area (Å²) in [5, 5.41) is 8.34. The highest BCUT2D eigenvalue weighted by Gasteiger charge is 2.22. The summed E-state index contributed by atoms with van der Waals surface area (Å²) in [6.45, 7) is 8.92. The molecule has 1 aliphatic rings. The van der Waals surface area contributed by atoms with Crippen molar-refractivity contribution in [3.63, 3.8) is 0 Å². The number of aromatic nitrogens is 3. The topological polar surface area (TPSA) is 42.2 Å². The van der Waals surface area contributed by atoms with Gasteiger partial charge in [-0.3, -0.25) is 0 Å². The van der Waals surface area contributed by atoms with Gasteiger partial charge in [-0.25, -0.2) is 9.50 Å². The highest BCUT2D eigenvalue weighted by atomic mass is 15.2. The lowest BCUT2D eigenvalue weighted by atomic mass is 9.87. The van der Waals surface area contributed by atoms with E-state index in [0.717, 1.165) is 22.9 Å². The number of rotatable bonds is 2. The van der Waals surface area contributed by atoms with Gasteiger partial charge in [0.05, 0.1) is 5.69 Å². The molecule has 1 N–H and O–H groups in total. The molecule has 0 aromatic carbocycles. The third kappa shape index (κ3) is 3.04. The normalized spacial score (nSPS) is 23.4. The smallest absolute Gasteiger partial charge is 0.152 e. The molecule has 2 unspecified atom stereocenters. The van der Waals surface area contributed by atoms with Crippen LogP contribution in [0.1, 0.15) is 59.1 Å². The number of nitrogens with zero attached hydrogens (tertiary/aromatic N) is 3. The van der Waals surface area contributed by atoms with E-state index >= 15 is 0 Å². The number of hydrogen-bond donors (Lipinski definition) is 1. The molecule has 1 fully saturated rings. The second-order valence-corrected chi connectivity index (χ2v) is 7.50. The molecule has 0 spiro atoms. The summed E-state index contributed by atoms with van der Waals surface area (Å²) in [5.41, 5.74) is 2.25. The van der Waals surface area contributed by atoms with E-state index < -0.39 is 0 Å². The van der Waals surface area contributed by atoms with E-state index in [4.69, 9.17) is 0 Å². The van der Waals surface area contributed by atoms with Crippen LogP contribution in [-0.2, 0) is 5.41 Å². The Morgan fingerprint density at radius 1 is 1.29 bits per heavy atom. The first kappa shape index (κ1) is 14.4. The van der Waals surface area contributed by atoms with Crippen LogP contribution < -0.4 is 5.32 Å². The standard InChI is InChI=1S/C17H26N4/c1-12-6-5-7-13(10-12)19-16-14-11-15(17(2,3)4)20-21(14)9-8-18-16/h8-9,11-13H,5-7,10H2,1-4H3,(H,18,19). The molecule has 2 atom stereocenters. The molecule has 2 aromatic rings. The Morgan fingerprint density at radius 2 is 2.10 bits per heavy atom. The summed E-state index contributed by atoms with van der Waals surface area (Å²) in [6, 6.07) is 2.71. The van der Waals surface area contributed by atoms with Crippen LogP contribution in [0, 0.1) is 5.92 Å². The molecular weight excluding hydrogens is 260 g/mol. The molecule has 4 nitrogen and oxygen atoms in total. The van der Waals surface area contributed by atoms with Gasteiger partial charge in [0.25, 0.3) is 0 Å². The van der Waals surface area contributed by atoms with Gasteiger partial charge in [-0.15, -0.1) is 0 Å². The zero-order valence-corrected chi connectivity index (χ0v) is 13.6. The lowest BCUT2D eigenvalue weighted by Gasteiger charge is -2.27. The largest absolute Gasteiger partial charge is 0.366 e. The van der Waals surface area contributed by atoms with E-state index in [0.29, 0.717) is 6.04 Å². The minimum Gasteiger partial charge on any atom is -0.366 e. The zero-order valence-electron chi connectivity index (χ0n) is 13.6. The van der Waals surface area contributed by atoms with E-state index in [9.17, 15) is 0 Å². The number of anilines is 1. The maximum atomic E-state index is 4.69. The van der Waals surface area contributed by atoms with Crippen LogP contribution in [0.15, 0.2) is 18.5 Å². The fourth-order valence-electron chi connectivity index (χ4n) is 3.16. The Bertz CT molecular complexity index is 623. The lowest BCUT2D eigenvalue weighted by Crippen LogP contribution is -2.26. The average molecular weight is 286 g/mol. The number of hydrogen-bond acceptors (Lipinski definition) is 3. The fourth-order valence-corrected chi connectivity index (χ4v) is 3.16. The highest BCUT2D eigenvalue weighted by molar-refractivity contribution is 5.68. The highest BCUT2D eigenvalue weighted by Crippen LogP contribution is 2.28. The molecule has 0 radical (unpaired) electrons. The van der Waals surface area contributed by atoms with Gasteiger partial charge in [-0.2, -0.15) is 5.10 Å². The Labute approximate surface area is 127 Å².